The summed E-state index contributed by atoms with van der Waals surface area (Å²) in [5, 5.41) is 0.0750. The van der Waals surface area contributed by atoms with Crippen molar-refractivity contribution in [2.75, 3.05) is 11.8 Å². The summed E-state index contributed by atoms with van der Waals surface area (Å²) >= 11 is 9.13. The van der Waals surface area contributed by atoms with E-state index in [0.29, 0.717) is 4.47 Å². The van der Waals surface area contributed by atoms with Crippen molar-refractivity contribution in [1.29, 1.82) is 0 Å². The molecule has 0 unspecified atom stereocenters. The zero-order valence-corrected chi connectivity index (χ0v) is 13.9. The highest BCUT2D eigenvalue weighted by Crippen LogP contribution is 2.28. The van der Waals surface area contributed by atoms with Gasteiger partial charge in [-0.25, -0.2) is 12.8 Å². The Kier molecular flexibility index (Phi) is 4.75. The second-order valence-corrected chi connectivity index (χ2v) is 7.00. The molecule has 21 heavy (non-hydrogen) atoms. The molecule has 0 spiro atoms. The number of hydrogen-bond acceptors (Lipinski definition) is 3. The molecule has 0 aliphatic carbocycles. The molecule has 0 aromatic heterocycles. The molecule has 0 amide bonds. The molecule has 2 aromatic carbocycles. The number of ether oxygens (including phenoxy) is 1. The molecule has 1 N–H and O–H groups in total. The van der Waals surface area contributed by atoms with Gasteiger partial charge in [0.2, 0.25) is 0 Å². The quantitative estimate of drug-likeness (QED) is 0.851. The molecular formula is C13H10BrClFNO3S. The van der Waals surface area contributed by atoms with E-state index in [1.807, 2.05) is 0 Å². The molecule has 112 valence electrons. The number of methoxy groups -OCH3 is 1. The lowest BCUT2D eigenvalue weighted by Crippen LogP contribution is -2.13. The highest BCUT2D eigenvalue weighted by Gasteiger charge is 2.19. The van der Waals surface area contributed by atoms with Crippen LogP contribution in [0.4, 0.5) is 10.1 Å². The van der Waals surface area contributed by atoms with E-state index in [0.717, 1.165) is 6.07 Å². The standard InChI is InChI=1S/C13H10BrClFNO3S/c1-20-12-7-9(3-4-11(12)16)17-21(18,19)13-5-2-8(14)6-10(13)15/h2-7,17H,1H3. The second-order valence-electron chi connectivity index (χ2n) is 4.03. The summed E-state index contributed by atoms with van der Waals surface area (Å²) in [7, 11) is -2.59. The summed E-state index contributed by atoms with van der Waals surface area (Å²) in [5.74, 6) is -0.640. The average Bonchev–Trinajstić information content (AvgIpc) is 2.40. The summed E-state index contributed by atoms with van der Waals surface area (Å²) in [6, 6.07) is 8.06. The molecule has 2 aromatic rings. The van der Waals surface area contributed by atoms with Crippen LogP contribution in [-0.2, 0) is 10.0 Å². The number of nitrogens with one attached hydrogen (secondary N) is 1. The molecule has 0 aliphatic heterocycles. The van der Waals surface area contributed by atoms with Gasteiger partial charge in [0.25, 0.3) is 10.0 Å². The Morgan fingerprint density at radius 1 is 1.24 bits per heavy atom. The fourth-order valence-electron chi connectivity index (χ4n) is 1.63. The van der Waals surface area contributed by atoms with Crippen LogP contribution in [0, 0.1) is 5.82 Å². The van der Waals surface area contributed by atoms with Gasteiger partial charge in [0, 0.05) is 10.5 Å². The summed E-state index contributed by atoms with van der Waals surface area (Å²) in [5.41, 5.74) is 0.173. The lowest BCUT2D eigenvalue weighted by molar-refractivity contribution is 0.387. The summed E-state index contributed by atoms with van der Waals surface area (Å²) in [6.07, 6.45) is 0. The van der Waals surface area contributed by atoms with Crippen LogP contribution in [0.3, 0.4) is 0 Å². The first kappa shape index (κ1) is 16.1. The van der Waals surface area contributed by atoms with Crippen molar-refractivity contribution in [3.05, 3.63) is 51.7 Å². The minimum atomic E-state index is -3.88. The smallest absolute Gasteiger partial charge is 0.263 e. The SMILES string of the molecule is COc1cc(NS(=O)(=O)c2ccc(Br)cc2Cl)ccc1F. The molecular weight excluding hydrogens is 385 g/mol. The topological polar surface area (TPSA) is 55.4 Å². The van der Waals surface area contributed by atoms with E-state index in [9.17, 15) is 12.8 Å². The van der Waals surface area contributed by atoms with Crippen molar-refractivity contribution in [1.82, 2.24) is 0 Å². The van der Waals surface area contributed by atoms with Crippen LogP contribution in [0.5, 0.6) is 5.75 Å². The zero-order valence-electron chi connectivity index (χ0n) is 10.7. The van der Waals surface area contributed by atoms with Gasteiger partial charge in [-0.15, -0.1) is 0 Å². The van der Waals surface area contributed by atoms with Crippen LogP contribution in [0.25, 0.3) is 0 Å². The lowest BCUT2D eigenvalue weighted by Gasteiger charge is -2.11. The first-order chi connectivity index (χ1) is 9.83. The molecule has 0 atom stereocenters. The Morgan fingerprint density at radius 2 is 1.95 bits per heavy atom. The molecule has 4 nitrogen and oxygen atoms in total. The summed E-state index contributed by atoms with van der Waals surface area (Å²) in [6.45, 7) is 0. The third kappa shape index (κ3) is 3.66. The van der Waals surface area contributed by atoms with Crippen molar-refractivity contribution in [3.8, 4) is 5.75 Å². The maximum Gasteiger partial charge on any atom is 0.263 e. The molecule has 0 fully saturated rings. The van der Waals surface area contributed by atoms with Gasteiger partial charge in [-0.3, -0.25) is 4.72 Å². The highest BCUT2D eigenvalue weighted by molar-refractivity contribution is 9.10. The molecule has 2 rings (SSSR count). The van der Waals surface area contributed by atoms with Gasteiger partial charge in [0.1, 0.15) is 4.90 Å². The number of anilines is 1. The maximum absolute atomic E-state index is 13.3. The fourth-order valence-corrected chi connectivity index (χ4v) is 3.71. The van der Waals surface area contributed by atoms with E-state index in [1.54, 1.807) is 6.07 Å². The minimum Gasteiger partial charge on any atom is -0.494 e. The summed E-state index contributed by atoms with van der Waals surface area (Å²) < 4.78 is 45.6. The third-order valence-corrected chi connectivity index (χ3v) is 4.94. The van der Waals surface area contributed by atoms with Crippen LogP contribution in [0.15, 0.2) is 45.8 Å². The molecule has 0 radical (unpaired) electrons. The highest BCUT2D eigenvalue weighted by atomic mass is 79.9. The molecule has 0 heterocycles. The van der Waals surface area contributed by atoms with Crippen LogP contribution >= 0.6 is 27.5 Å². The van der Waals surface area contributed by atoms with Crippen molar-refractivity contribution in [2.24, 2.45) is 0 Å². The Bertz CT molecular complexity index is 783. The number of sulfonamides is 1. The van der Waals surface area contributed by atoms with Gasteiger partial charge >= 0.3 is 0 Å². The van der Waals surface area contributed by atoms with Crippen molar-refractivity contribution in [2.45, 2.75) is 4.90 Å². The van der Waals surface area contributed by atoms with E-state index in [4.69, 9.17) is 16.3 Å². The van der Waals surface area contributed by atoms with Crippen LogP contribution in [0.1, 0.15) is 0 Å². The predicted molar refractivity (Wildman–Crippen MR) is 82.9 cm³/mol. The van der Waals surface area contributed by atoms with Crippen LogP contribution in [0.2, 0.25) is 5.02 Å². The zero-order chi connectivity index (χ0) is 15.6. The Balaban J connectivity index is 2.37. The van der Waals surface area contributed by atoms with Crippen LogP contribution in [-0.4, -0.2) is 15.5 Å². The van der Waals surface area contributed by atoms with Crippen molar-refractivity contribution >= 4 is 43.2 Å². The third-order valence-electron chi connectivity index (χ3n) is 2.59. The lowest BCUT2D eigenvalue weighted by atomic mass is 10.3. The average molecular weight is 395 g/mol. The van der Waals surface area contributed by atoms with Gasteiger partial charge in [-0.2, -0.15) is 0 Å². The molecule has 0 saturated heterocycles. The molecule has 0 bridgehead atoms. The van der Waals surface area contributed by atoms with Gasteiger partial charge in [0.15, 0.2) is 11.6 Å². The normalized spacial score (nSPS) is 11.2. The van der Waals surface area contributed by atoms with Crippen molar-refractivity contribution < 1.29 is 17.5 Å². The molecule has 0 aliphatic rings. The Labute approximate surface area is 135 Å². The van der Waals surface area contributed by atoms with Gasteiger partial charge in [-0.1, -0.05) is 27.5 Å². The Morgan fingerprint density at radius 3 is 2.57 bits per heavy atom. The molecule has 0 saturated carbocycles. The summed E-state index contributed by atoms with van der Waals surface area (Å²) in [4.78, 5) is -0.0735. The van der Waals surface area contributed by atoms with Gasteiger partial charge in [-0.05, 0) is 30.3 Å². The largest absolute Gasteiger partial charge is 0.494 e. The van der Waals surface area contributed by atoms with E-state index >= 15 is 0 Å². The van der Waals surface area contributed by atoms with Crippen molar-refractivity contribution in [3.63, 3.8) is 0 Å². The van der Waals surface area contributed by atoms with E-state index in [-0.39, 0.29) is 21.4 Å². The van der Waals surface area contributed by atoms with E-state index in [1.165, 1.54) is 31.4 Å². The number of rotatable bonds is 4. The maximum atomic E-state index is 13.3. The van der Waals surface area contributed by atoms with Gasteiger partial charge in [0.05, 0.1) is 17.8 Å². The fraction of sp³-hybridized carbons (Fsp3) is 0.0769. The Hall–Kier alpha value is -1.31. The number of hydrogen-bond donors (Lipinski definition) is 1. The second kappa shape index (κ2) is 6.21. The van der Waals surface area contributed by atoms with E-state index < -0.39 is 15.8 Å². The predicted octanol–water partition coefficient (Wildman–Crippen LogP) is 4.05. The van der Waals surface area contributed by atoms with Crippen LogP contribution < -0.4 is 9.46 Å². The van der Waals surface area contributed by atoms with E-state index in [2.05, 4.69) is 20.7 Å². The monoisotopic (exact) mass is 393 g/mol. The van der Waals surface area contributed by atoms with Gasteiger partial charge < -0.3 is 4.74 Å². The first-order valence-electron chi connectivity index (χ1n) is 5.65. The molecule has 8 heteroatoms. The number of benzene rings is 2. The number of halogens is 3. The first-order valence-corrected chi connectivity index (χ1v) is 8.30. The minimum absolute atomic E-state index is 0.0582.